The molecule has 0 saturated heterocycles. The zero-order chi connectivity index (χ0) is 10.7. The van der Waals surface area contributed by atoms with Gasteiger partial charge >= 0.3 is 11.9 Å². The van der Waals surface area contributed by atoms with Gasteiger partial charge in [0.25, 0.3) is 0 Å². The smallest absolute Gasteiger partial charge is 0.399 e. The summed E-state index contributed by atoms with van der Waals surface area (Å²) in [6.07, 6.45) is 0. The van der Waals surface area contributed by atoms with E-state index < -0.39 is 11.9 Å². The van der Waals surface area contributed by atoms with Crippen molar-refractivity contribution in [1.29, 1.82) is 0 Å². The fourth-order valence-corrected chi connectivity index (χ4v) is 1.11. The lowest BCUT2D eigenvalue weighted by atomic mass is 10.4. The molecule has 0 unspecified atom stereocenters. The van der Waals surface area contributed by atoms with Gasteiger partial charge in [-0.1, -0.05) is 0 Å². The number of carbonyl (C=O) groups excluding carboxylic acids is 2. The van der Waals surface area contributed by atoms with E-state index in [9.17, 15) is 9.59 Å². The number of aryl methyl sites for hydroxylation is 2. The van der Waals surface area contributed by atoms with Gasteiger partial charge in [0.05, 0.1) is 12.3 Å². The molecule has 1 aromatic rings. The maximum Gasteiger partial charge on any atom is 0.399 e. The van der Waals surface area contributed by atoms with E-state index in [1.165, 1.54) is 0 Å². The molecule has 0 aliphatic rings. The van der Waals surface area contributed by atoms with Gasteiger partial charge in [-0.2, -0.15) is 9.78 Å². The lowest BCUT2D eigenvalue weighted by Gasteiger charge is -2.01. The molecule has 0 aliphatic heterocycles. The minimum Gasteiger partial charge on any atom is -0.459 e. The van der Waals surface area contributed by atoms with Gasteiger partial charge < -0.3 is 4.74 Å². The number of hydrogen-bond donors (Lipinski definition) is 0. The van der Waals surface area contributed by atoms with Crippen LogP contribution in [-0.4, -0.2) is 28.3 Å². The van der Waals surface area contributed by atoms with Crippen molar-refractivity contribution in [3.63, 3.8) is 0 Å². The van der Waals surface area contributed by atoms with Gasteiger partial charge in [-0.3, -0.25) is 4.79 Å². The summed E-state index contributed by atoms with van der Waals surface area (Å²) in [4.78, 5) is 22.5. The number of esters is 1. The third-order valence-electron chi connectivity index (χ3n) is 1.65. The van der Waals surface area contributed by atoms with Crippen molar-refractivity contribution >= 4 is 11.9 Å². The average molecular weight is 196 g/mol. The van der Waals surface area contributed by atoms with Gasteiger partial charge in [-0.15, -0.1) is 0 Å². The number of rotatable bonds is 1. The SMILES string of the molecule is CCOC(=O)C(=O)n1nc(C)cc1C. The molecule has 0 aliphatic carbocycles. The van der Waals surface area contributed by atoms with Crippen LogP contribution in [0.25, 0.3) is 0 Å². The molecule has 0 radical (unpaired) electrons. The summed E-state index contributed by atoms with van der Waals surface area (Å²) in [7, 11) is 0. The van der Waals surface area contributed by atoms with Gasteiger partial charge in [-0.05, 0) is 26.8 Å². The minimum atomic E-state index is -0.876. The van der Waals surface area contributed by atoms with Gasteiger partial charge in [-0.25, -0.2) is 4.79 Å². The topological polar surface area (TPSA) is 61.2 Å². The van der Waals surface area contributed by atoms with Crippen LogP contribution in [0.15, 0.2) is 6.07 Å². The summed E-state index contributed by atoms with van der Waals surface area (Å²) < 4.78 is 5.62. The Morgan fingerprint density at radius 1 is 1.50 bits per heavy atom. The first-order valence-corrected chi connectivity index (χ1v) is 4.31. The lowest BCUT2D eigenvalue weighted by Crippen LogP contribution is -2.26. The highest BCUT2D eigenvalue weighted by Crippen LogP contribution is 2.01. The Bertz CT molecular complexity index is 368. The summed E-state index contributed by atoms with van der Waals surface area (Å²) in [6, 6.07) is 1.72. The zero-order valence-corrected chi connectivity index (χ0v) is 8.40. The number of aromatic nitrogens is 2. The summed E-state index contributed by atoms with van der Waals surface area (Å²) in [5, 5.41) is 3.88. The summed E-state index contributed by atoms with van der Waals surface area (Å²) in [6.45, 7) is 5.29. The Balaban J connectivity index is 2.89. The molecule has 1 aromatic heterocycles. The first-order chi connectivity index (χ1) is 6.56. The van der Waals surface area contributed by atoms with Crippen LogP contribution in [0.1, 0.15) is 23.1 Å². The van der Waals surface area contributed by atoms with Crippen molar-refractivity contribution in [1.82, 2.24) is 9.78 Å². The van der Waals surface area contributed by atoms with Crippen molar-refractivity contribution in [2.45, 2.75) is 20.8 Å². The normalized spacial score (nSPS) is 9.93. The second-order valence-electron chi connectivity index (χ2n) is 2.86. The fourth-order valence-electron chi connectivity index (χ4n) is 1.11. The van der Waals surface area contributed by atoms with Crippen LogP contribution in [0.5, 0.6) is 0 Å². The maximum absolute atomic E-state index is 11.4. The van der Waals surface area contributed by atoms with E-state index in [1.54, 1.807) is 26.8 Å². The number of hydrogen-bond acceptors (Lipinski definition) is 4. The molecular weight excluding hydrogens is 184 g/mol. The largest absolute Gasteiger partial charge is 0.459 e. The quantitative estimate of drug-likeness (QED) is 0.490. The molecular formula is C9H12N2O3. The Morgan fingerprint density at radius 2 is 2.14 bits per heavy atom. The van der Waals surface area contributed by atoms with Gasteiger partial charge in [0, 0.05) is 5.69 Å². The van der Waals surface area contributed by atoms with Crippen LogP contribution in [0.2, 0.25) is 0 Å². The van der Waals surface area contributed by atoms with Crippen LogP contribution in [0, 0.1) is 13.8 Å². The van der Waals surface area contributed by atoms with Crippen molar-refractivity contribution < 1.29 is 14.3 Å². The number of carbonyl (C=O) groups is 2. The average Bonchev–Trinajstić information content (AvgIpc) is 2.44. The van der Waals surface area contributed by atoms with E-state index in [2.05, 4.69) is 9.84 Å². The molecule has 0 fully saturated rings. The van der Waals surface area contributed by atoms with Gasteiger partial charge in [0.1, 0.15) is 0 Å². The van der Waals surface area contributed by atoms with Crippen molar-refractivity contribution in [2.75, 3.05) is 6.61 Å². The van der Waals surface area contributed by atoms with Crippen molar-refractivity contribution in [3.8, 4) is 0 Å². The first-order valence-electron chi connectivity index (χ1n) is 4.31. The van der Waals surface area contributed by atoms with E-state index in [0.29, 0.717) is 11.4 Å². The van der Waals surface area contributed by atoms with Crippen LogP contribution in [0.4, 0.5) is 0 Å². The molecule has 0 N–H and O–H groups in total. The molecule has 0 amide bonds. The summed E-state index contributed by atoms with van der Waals surface area (Å²) in [5.41, 5.74) is 1.32. The highest BCUT2D eigenvalue weighted by molar-refractivity contribution is 6.33. The summed E-state index contributed by atoms with van der Waals surface area (Å²) >= 11 is 0. The predicted octanol–water partition coefficient (Wildman–Crippen LogP) is 0.703. The monoisotopic (exact) mass is 196 g/mol. The fraction of sp³-hybridized carbons (Fsp3) is 0.444. The van der Waals surface area contributed by atoms with Crippen LogP contribution in [0.3, 0.4) is 0 Å². The molecule has 0 aromatic carbocycles. The Hall–Kier alpha value is -1.65. The third-order valence-corrected chi connectivity index (χ3v) is 1.65. The first kappa shape index (κ1) is 10.4. The second kappa shape index (κ2) is 4.04. The van der Waals surface area contributed by atoms with Gasteiger partial charge in [0.15, 0.2) is 0 Å². The molecule has 5 heteroatoms. The molecule has 1 heterocycles. The van der Waals surface area contributed by atoms with E-state index in [-0.39, 0.29) is 6.61 Å². The predicted molar refractivity (Wildman–Crippen MR) is 49.0 cm³/mol. The number of nitrogens with zero attached hydrogens (tertiary/aromatic N) is 2. The van der Waals surface area contributed by atoms with E-state index in [1.807, 2.05) is 0 Å². The van der Waals surface area contributed by atoms with Gasteiger partial charge in [0.2, 0.25) is 0 Å². The van der Waals surface area contributed by atoms with E-state index >= 15 is 0 Å². The second-order valence-corrected chi connectivity index (χ2v) is 2.86. The standard InChI is InChI=1S/C9H12N2O3/c1-4-14-9(13)8(12)11-7(3)5-6(2)10-11/h5H,4H2,1-3H3. The zero-order valence-electron chi connectivity index (χ0n) is 8.40. The molecule has 5 nitrogen and oxygen atoms in total. The number of ether oxygens (including phenoxy) is 1. The molecule has 76 valence electrons. The molecule has 0 bridgehead atoms. The van der Waals surface area contributed by atoms with Crippen LogP contribution < -0.4 is 0 Å². The van der Waals surface area contributed by atoms with E-state index in [0.717, 1.165) is 4.68 Å². The Labute approximate surface area is 81.7 Å². The van der Waals surface area contributed by atoms with Crippen molar-refractivity contribution in [3.05, 3.63) is 17.5 Å². The maximum atomic E-state index is 11.4. The van der Waals surface area contributed by atoms with Crippen LogP contribution in [-0.2, 0) is 9.53 Å². The molecule has 0 spiro atoms. The molecule has 0 saturated carbocycles. The highest BCUT2D eigenvalue weighted by Gasteiger charge is 2.19. The van der Waals surface area contributed by atoms with E-state index in [4.69, 9.17) is 0 Å². The highest BCUT2D eigenvalue weighted by atomic mass is 16.5. The summed E-state index contributed by atoms with van der Waals surface area (Å²) in [5.74, 6) is -1.63. The minimum absolute atomic E-state index is 0.184. The van der Waals surface area contributed by atoms with Crippen molar-refractivity contribution in [2.24, 2.45) is 0 Å². The molecule has 0 atom stereocenters. The molecule has 1 rings (SSSR count). The lowest BCUT2D eigenvalue weighted by molar-refractivity contribution is -0.138. The third kappa shape index (κ3) is 1.99. The Kier molecular flexibility index (Phi) is 3.01. The molecule has 14 heavy (non-hydrogen) atoms. The van der Waals surface area contributed by atoms with Crippen LogP contribution >= 0.6 is 0 Å². The Morgan fingerprint density at radius 3 is 2.57 bits per heavy atom.